The van der Waals surface area contributed by atoms with E-state index in [2.05, 4.69) is 17.6 Å². The normalized spacial score (nSPS) is 23.1. The van der Waals surface area contributed by atoms with Crippen molar-refractivity contribution >= 4 is 6.09 Å². The fraction of sp³-hybridized carbons (Fsp3) is 0.650. The number of carbonyl (C=O) groups excluding carboxylic acids is 1. The molecule has 2 rings (SSSR count). The summed E-state index contributed by atoms with van der Waals surface area (Å²) in [7, 11) is 0. The fourth-order valence-corrected chi connectivity index (χ4v) is 3.37. The lowest BCUT2D eigenvalue weighted by Gasteiger charge is -2.28. The quantitative estimate of drug-likeness (QED) is 0.735. The van der Waals surface area contributed by atoms with Gasteiger partial charge in [-0.25, -0.2) is 4.79 Å². The molecule has 3 N–H and O–H groups in total. The van der Waals surface area contributed by atoms with E-state index in [9.17, 15) is 9.90 Å². The maximum absolute atomic E-state index is 12.0. The molecule has 1 aliphatic rings. The first-order valence-corrected chi connectivity index (χ1v) is 9.23. The first-order chi connectivity index (χ1) is 11.7. The van der Waals surface area contributed by atoms with Gasteiger partial charge >= 0.3 is 6.09 Å². The SMILES string of the molecule is C[C@H](C[C@H](O)c1ccccc1)N[C@H]1CCC[C@H]1NC(=O)OC(C)(C)C. The molecule has 1 aromatic carbocycles. The van der Waals surface area contributed by atoms with Gasteiger partial charge in [-0.2, -0.15) is 0 Å². The zero-order valence-electron chi connectivity index (χ0n) is 15.8. The van der Waals surface area contributed by atoms with Crippen LogP contribution in [0.15, 0.2) is 30.3 Å². The second-order valence-electron chi connectivity index (χ2n) is 8.02. The highest BCUT2D eigenvalue weighted by Gasteiger charge is 2.31. The second kappa shape index (κ2) is 8.68. The van der Waals surface area contributed by atoms with Crippen LogP contribution in [-0.4, -0.2) is 34.9 Å². The highest BCUT2D eigenvalue weighted by molar-refractivity contribution is 5.68. The molecule has 0 spiro atoms. The van der Waals surface area contributed by atoms with Crippen LogP contribution >= 0.6 is 0 Å². The third kappa shape index (κ3) is 6.67. The Balaban J connectivity index is 1.82. The molecular weight excluding hydrogens is 316 g/mol. The smallest absolute Gasteiger partial charge is 0.407 e. The summed E-state index contributed by atoms with van der Waals surface area (Å²) in [5.41, 5.74) is 0.449. The maximum Gasteiger partial charge on any atom is 0.407 e. The van der Waals surface area contributed by atoms with Crippen molar-refractivity contribution in [3.05, 3.63) is 35.9 Å². The number of ether oxygens (including phenoxy) is 1. The minimum Gasteiger partial charge on any atom is -0.444 e. The monoisotopic (exact) mass is 348 g/mol. The van der Waals surface area contributed by atoms with Gasteiger partial charge in [0.25, 0.3) is 0 Å². The Morgan fingerprint density at radius 3 is 2.52 bits per heavy atom. The van der Waals surface area contributed by atoms with Crippen molar-refractivity contribution < 1.29 is 14.6 Å². The molecule has 0 heterocycles. The average Bonchev–Trinajstić information content (AvgIpc) is 2.92. The van der Waals surface area contributed by atoms with E-state index in [1.807, 2.05) is 51.1 Å². The van der Waals surface area contributed by atoms with Gasteiger partial charge in [0.05, 0.1) is 6.10 Å². The van der Waals surface area contributed by atoms with Crippen molar-refractivity contribution in [2.75, 3.05) is 0 Å². The van der Waals surface area contributed by atoms with Gasteiger partial charge in [0.2, 0.25) is 0 Å². The molecule has 0 aromatic heterocycles. The van der Waals surface area contributed by atoms with Gasteiger partial charge < -0.3 is 20.5 Å². The Morgan fingerprint density at radius 2 is 1.88 bits per heavy atom. The predicted molar refractivity (Wildman–Crippen MR) is 99.4 cm³/mol. The predicted octanol–water partition coefficient (Wildman–Crippen LogP) is 3.53. The Bertz CT molecular complexity index is 542. The average molecular weight is 348 g/mol. The standard InChI is InChI=1S/C20H32N2O3/c1-14(13-18(23)15-9-6-5-7-10-15)21-16-11-8-12-17(16)22-19(24)25-20(2,3)4/h5-7,9-10,14,16-18,21,23H,8,11-13H2,1-4H3,(H,22,24)/t14-,16+,17-,18+/m1/s1. The summed E-state index contributed by atoms with van der Waals surface area (Å²) in [4.78, 5) is 12.0. The third-order valence-corrected chi connectivity index (χ3v) is 4.48. The number of rotatable bonds is 6. The van der Waals surface area contributed by atoms with Crippen LogP contribution < -0.4 is 10.6 Å². The number of hydrogen-bond acceptors (Lipinski definition) is 4. The molecule has 0 radical (unpaired) electrons. The van der Waals surface area contributed by atoms with Gasteiger partial charge in [-0.05, 0) is 58.9 Å². The number of hydrogen-bond donors (Lipinski definition) is 3. The Labute approximate surface area is 151 Å². The molecule has 1 fully saturated rings. The van der Waals surface area contributed by atoms with Crippen LogP contribution in [0.25, 0.3) is 0 Å². The summed E-state index contributed by atoms with van der Waals surface area (Å²) in [6.45, 7) is 7.67. The Kier molecular flexibility index (Phi) is 6.85. The van der Waals surface area contributed by atoms with E-state index in [0.29, 0.717) is 6.42 Å². The molecule has 25 heavy (non-hydrogen) atoms. The summed E-state index contributed by atoms with van der Waals surface area (Å²) in [6, 6.07) is 10.2. The third-order valence-electron chi connectivity index (χ3n) is 4.48. The zero-order valence-corrected chi connectivity index (χ0v) is 15.8. The van der Waals surface area contributed by atoms with Crippen LogP contribution in [0.1, 0.15) is 65.0 Å². The summed E-state index contributed by atoms with van der Waals surface area (Å²) in [5.74, 6) is 0. The summed E-state index contributed by atoms with van der Waals surface area (Å²) in [5, 5.41) is 16.9. The Hall–Kier alpha value is -1.59. The molecule has 0 saturated heterocycles. The van der Waals surface area contributed by atoms with E-state index < -0.39 is 11.7 Å². The first-order valence-electron chi connectivity index (χ1n) is 9.23. The second-order valence-corrected chi connectivity index (χ2v) is 8.02. The van der Waals surface area contributed by atoms with Crippen LogP contribution in [-0.2, 0) is 4.74 Å². The van der Waals surface area contributed by atoms with Gasteiger partial charge in [-0.3, -0.25) is 0 Å². The molecule has 0 unspecified atom stereocenters. The summed E-state index contributed by atoms with van der Waals surface area (Å²) in [6.07, 6.45) is 2.84. The van der Waals surface area contributed by atoms with E-state index >= 15 is 0 Å². The summed E-state index contributed by atoms with van der Waals surface area (Å²) < 4.78 is 5.36. The van der Waals surface area contributed by atoms with Crippen molar-refractivity contribution in [3.8, 4) is 0 Å². The van der Waals surface area contributed by atoms with Crippen molar-refractivity contribution in [2.24, 2.45) is 0 Å². The van der Waals surface area contributed by atoms with Gasteiger partial charge in [0.1, 0.15) is 5.60 Å². The minimum absolute atomic E-state index is 0.0752. The molecular formula is C20H32N2O3. The molecule has 1 aromatic rings. The zero-order chi connectivity index (χ0) is 18.4. The number of benzene rings is 1. The van der Waals surface area contributed by atoms with Crippen molar-refractivity contribution in [1.29, 1.82) is 0 Å². The number of amides is 1. The van der Waals surface area contributed by atoms with Crippen LogP contribution in [0.5, 0.6) is 0 Å². The van der Waals surface area contributed by atoms with E-state index in [1.165, 1.54) is 0 Å². The minimum atomic E-state index is -0.487. The maximum atomic E-state index is 12.0. The molecule has 140 valence electrons. The van der Waals surface area contributed by atoms with Crippen molar-refractivity contribution in [3.63, 3.8) is 0 Å². The summed E-state index contributed by atoms with van der Waals surface area (Å²) >= 11 is 0. The topological polar surface area (TPSA) is 70.6 Å². The molecule has 1 amide bonds. The van der Waals surface area contributed by atoms with Crippen LogP contribution in [0.2, 0.25) is 0 Å². The number of alkyl carbamates (subject to hydrolysis) is 1. The van der Waals surface area contributed by atoms with Crippen LogP contribution in [0.3, 0.4) is 0 Å². The van der Waals surface area contributed by atoms with Gasteiger partial charge in [0.15, 0.2) is 0 Å². The first kappa shape index (κ1) is 19.7. The van der Waals surface area contributed by atoms with Gasteiger partial charge in [-0.1, -0.05) is 30.3 Å². The number of aliphatic hydroxyl groups excluding tert-OH is 1. The number of nitrogens with one attached hydrogen (secondary N) is 2. The molecule has 5 nitrogen and oxygen atoms in total. The lowest BCUT2D eigenvalue weighted by Crippen LogP contribution is -2.50. The Morgan fingerprint density at radius 1 is 1.24 bits per heavy atom. The van der Waals surface area contributed by atoms with Crippen LogP contribution in [0, 0.1) is 0 Å². The highest BCUT2D eigenvalue weighted by atomic mass is 16.6. The van der Waals surface area contributed by atoms with Gasteiger partial charge in [0, 0.05) is 18.1 Å². The lowest BCUT2D eigenvalue weighted by molar-refractivity contribution is 0.0495. The van der Waals surface area contributed by atoms with Crippen molar-refractivity contribution in [2.45, 2.75) is 83.2 Å². The van der Waals surface area contributed by atoms with E-state index in [4.69, 9.17) is 4.74 Å². The van der Waals surface area contributed by atoms with E-state index in [-0.39, 0.29) is 24.2 Å². The molecule has 4 atom stereocenters. The molecule has 1 aliphatic carbocycles. The highest BCUT2D eigenvalue weighted by Crippen LogP contribution is 2.23. The number of aliphatic hydroxyl groups is 1. The molecule has 0 bridgehead atoms. The van der Waals surface area contributed by atoms with Gasteiger partial charge in [-0.15, -0.1) is 0 Å². The fourth-order valence-electron chi connectivity index (χ4n) is 3.37. The van der Waals surface area contributed by atoms with E-state index in [0.717, 1.165) is 24.8 Å². The largest absolute Gasteiger partial charge is 0.444 e. The molecule has 1 saturated carbocycles. The molecule has 5 heteroatoms. The van der Waals surface area contributed by atoms with Crippen molar-refractivity contribution in [1.82, 2.24) is 10.6 Å². The van der Waals surface area contributed by atoms with Crippen LogP contribution in [0.4, 0.5) is 4.79 Å². The number of carbonyl (C=O) groups is 1. The lowest BCUT2D eigenvalue weighted by atomic mass is 10.0. The van der Waals surface area contributed by atoms with E-state index in [1.54, 1.807) is 0 Å². The molecule has 0 aliphatic heterocycles.